The summed E-state index contributed by atoms with van der Waals surface area (Å²) in [6, 6.07) is 37.1. The second-order valence-electron chi connectivity index (χ2n) is 23.0. The predicted molar refractivity (Wildman–Crippen MR) is 364 cm³/mol. The minimum atomic E-state index is -0.419. The standard InChI is InChI=1S/C35H47Br3N2O3.C35H50N2O6/c36-21-9-17-35(18-10-22-37,19-11-23-38)20-16-33(41)39-24-7-1-2-8-25-40-34(42)43-27-32-30-14-5-3-12-28(30)26-29-13-4-6-15-31(29)32;38-23-9-17-35(18-10-24-39,19-11-25-40)20-16-33(41)36-21-7-1-2-8-22-37-34(42)43-27-32-30-14-5-3-12-28(30)26-29-13-4-6-15-31(29)32/h3-6,12-15,26H,1-2,7-11,16-25,27H2,(H,39,41)(H,40,42);3-6,12-15,26,38-40H,1-2,7-11,16-25,27H2,(H,36,41)(H,37,42). The molecular formula is C70H97Br3N4O9. The first kappa shape index (κ1) is 71.9. The normalized spacial score (nSPS) is 11.6. The number of benzene rings is 6. The number of halogens is 3. The van der Waals surface area contributed by atoms with Crippen LogP contribution in [0, 0.1) is 10.8 Å². The van der Waals surface area contributed by atoms with E-state index in [4.69, 9.17) is 9.47 Å². The van der Waals surface area contributed by atoms with Gasteiger partial charge in [0.25, 0.3) is 0 Å². The summed E-state index contributed by atoms with van der Waals surface area (Å²) >= 11 is 10.8. The lowest BCUT2D eigenvalue weighted by atomic mass is 9.72. The SMILES string of the molecule is O=C(CCC(CCCBr)(CCCBr)CCCBr)NCCCCCCNC(=O)OCc1c2ccccc2cc2ccccc12.O=C(CCC(CCCO)(CCCO)CCCO)NCCCCCCNC(=O)OCc1c2ccccc2cc2ccccc12. The summed E-state index contributed by atoms with van der Waals surface area (Å²) < 4.78 is 11.2. The maximum atomic E-state index is 12.6. The number of fused-ring (bicyclic) bond motifs is 4. The molecule has 0 unspecified atom stereocenters. The average molecular weight is 1380 g/mol. The number of carbonyl (C=O) groups is 4. The number of aliphatic hydroxyl groups excluding tert-OH is 3. The quantitative estimate of drug-likeness (QED) is 0.0111. The fourth-order valence-electron chi connectivity index (χ4n) is 12.1. The van der Waals surface area contributed by atoms with Crippen LogP contribution in [0.5, 0.6) is 0 Å². The van der Waals surface area contributed by atoms with E-state index in [0.29, 0.717) is 64.7 Å². The number of alkyl carbamates (subject to hydrolysis) is 2. The Morgan fingerprint density at radius 2 is 0.640 bits per heavy atom. The highest BCUT2D eigenvalue weighted by Gasteiger charge is 2.30. The number of alkyl halides is 3. The Labute approximate surface area is 537 Å². The number of rotatable bonds is 42. The zero-order valence-electron chi connectivity index (χ0n) is 50.8. The van der Waals surface area contributed by atoms with Gasteiger partial charge in [0.05, 0.1) is 0 Å². The first-order valence-electron chi connectivity index (χ1n) is 31.7. The molecule has 0 saturated carbocycles. The van der Waals surface area contributed by atoms with Crippen LogP contribution in [-0.4, -0.2) is 101 Å². The molecule has 472 valence electrons. The number of hydrogen-bond donors (Lipinski definition) is 7. The largest absolute Gasteiger partial charge is 0.445 e. The summed E-state index contributed by atoms with van der Waals surface area (Å²) in [4.78, 5) is 49.9. The lowest BCUT2D eigenvalue weighted by Gasteiger charge is -2.34. The first-order valence-corrected chi connectivity index (χ1v) is 35.0. The molecule has 0 saturated heterocycles. The number of carbonyl (C=O) groups excluding carboxylic acids is 4. The molecule has 0 aromatic heterocycles. The van der Waals surface area contributed by atoms with Gasteiger partial charge in [-0.1, -0.05) is 171 Å². The Morgan fingerprint density at radius 3 is 0.930 bits per heavy atom. The van der Waals surface area contributed by atoms with Crippen LogP contribution >= 0.6 is 47.8 Å². The fraction of sp³-hybridized carbons (Fsp3) is 0.543. The van der Waals surface area contributed by atoms with E-state index in [1.807, 2.05) is 48.5 Å². The molecule has 13 nitrogen and oxygen atoms in total. The first-order chi connectivity index (χ1) is 42.0. The lowest BCUT2D eigenvalue weighted by molar-refractivity contribution is -0.122. The minimum Gasteiger partial charge on any atom is -0.445 e. The van der Waals surface area contributed by atoms with E-state index < -0.39 is 6.09 Å². The summed E-state index contributed by atoms with van der Waals surface area (Å²) in [5.41, 5.74) is 2.16. The number of hydrogen-bond acceptors (Lipinski definition) is 9. The number of ether oxygens (including phenoxy) is 2. The van der Waals surface area contributed by atoms with E-state index in [9.17, 15) is 34.5 Å². The van der Waals surface area contributed by atoms with Gasteiger partial charge >= 0.3 is 12.2 Å². The molecule has 0 spiro atoms. The van der Waals surface area contributed by atoms with Crippen molar-refractivity contribution in [2.24, 2.45) is 10.8 Å². The molecule has 6 aromatic carbocycles. The lowest BCUT2D eigenvalue weighted by Crippen LogP contribution is -2.29. The van der Waals surface area contributed by atoms with E-state index in [1.165, 1.54) is 19.3 Å². The van der Waals surface area contributed by atoms with Crippen molar-refractivity contribution in [2.75, 3.05) is 62.0 Å². The molecule has 0 bridgehead atoms. The molecule has 0 radical (unpaired) electrons. The van der Waals surface area contributed by atoms with E-state index in [0.717, 1.165) is 167 Å². The van der Waals surface area contributed by atoms with Crippen LogP contribution in [0.4, 0.5) is 9.59 Å². The van der Waals surface area contributed by atoms with Crippen molar-refractivity contribution in [1.29, 1.82) is 0 Å². The zero-order chi connectivity index (χ0) is 61.5. The highest BCUT2D eigenvalue weighted by atomic mass is 79.9. The van der Waals surface area contributed by atoms with Gasteiger partial charge in [0.2, 0.25) is 11.8 Å². The van der Waals surface area contributed by atoms with Crippen LogP contribution in [0.2, 0.25) is 0 Å². The second-order valence-corrected chi connectivity index (χ2v) is 25.4. The fourth-order valence-corrected chi connectivity index (χ4v) is 12.9. The number of unbranched alkanes of at least 4 members (excludes halogenated alkanes) is 6. The molecule has 4 amide bonds. The molecular weight excluding hydrogens is 1280 g/mol. The zero-order valence-corrected chi connectivity index (χ0v) is 55.5. The summed E-state index contributed by atoms with van der Waals surface area (Å²) in [6.45, 7) is 3.20. The van der Waals surface area contributed by atoms with E-state index >= 15 is 0 Å². The molecule has 16 heteroatoms. The predicted octanol–water partition coefficient (Wildman–Crippen LogP) is 16.2. The van der Waals surface area contributed by atoms with E-state index in [2.05, 4.69) is 130 Å². The van der Waals surface area contributed by atoms with Crippen LogP contribution < -0.4 is 21.3 Å². The number of aliphatic hydroxyl groups is 3. The van der Waals surface area contributed by atoms with Crippen molar-refractivity contribution >= 4 is 115 Å². The highest BCUT2D eigenvalue weighted by Crippen LogP contribution is 2.41. The molecule has 0 aliphatic heterocycles. The van der Waals surface area contributed by atoms with Gasteiger partial charge in [-0.25, -0.2) is 9.59 Å². The van der Waals surface area contributed by atoms with Gasteiger partial charge in [0, 0.05) is 86.0 Å². The van der Waals surface area contributed by atoms with Crippen LogP contribution in [0.3, 0.4) is 0 Å². The van der Waals surface area contributed by atoms with Crippen molar-refractivity contribution in [3.63, 3.8) is 0 Å². The van der Waals surface area contributed by atoms with Crippen LogP contribution in [0.1, 0.15) is 165 Å². The molecule has 0 aliphatic rings. The van der Waals surface area contributed by atoms with Gasteiger partial charge in [0.1, 0.15) is 13.2 Å². The summed E-state index contributed by atoms with van der Waals surface area (Å²) in [5, 5.41) is 51.9. The molecule has 0 atom stereocenters. The Hall–Kier alpha value is -4.84. The smallest absolute Gasteiger partial charge is 0.407 e. The summed E-state index contributed by atoms with van der Waals surface area (Å²) in [7, 11) is 0. The van der Waals surface area contributed by atoms with E-state index in [-0.39, 0.29) is 61.8 Å². The Balaban J connectivity index is 0.000000314. The van der Waals surface area contributed by atoms with Gasteiger partial charge in [0.15, 0.2) is 0 Å². The third kappa shape index (κ3) is 25.7. The second kappa shape index (κ2) is 42.2. The molecule has 7 N–H and O–H groups in total. The minimum absolute atomic E-state index is 0.0183. The molecule has 0 heterocycles. The van der Waals surface area contributed by atoms with Crippen LogP contribution in [0.25, 0.3) is 43.1 Å². The molecule has 6 aromatic rings. The highest BCUT2D eigenvalue weighted by molar-refractivity contribution is 9.09. The average Bonchev–Trinajstić information content (AvgIpc) is 1.21. The van der Waals surface area contributed by atoms with Crippen molar-refractivity contribution < 1.29 is 44.0 Å². The monoisotopic (exact) mass is 1370 g/mol. The third-order valence-electron chi connectivity index (χ3n) is 16.7. The van der Waals surface area contributed by atoms with Crippen molar-refractivity contribution in [3.05, 3.63) is 120 Å². The Kier molecular flexibility index (Phi) is 35.2. The topological polar surface area (TPSA) is 196 Å². The van der Waals surface area contributed by atoms with Crippen molar-refractivity contribution in [1.82, 2.24) is 21.3 Å². The Bertz CT molecular complexity index is 2580. The summed E-state index contributed by atoms with van der Waals surface area (Å²) in [6.07, 6.45) is 20.6. The maximum Gasteiger partial charge on any atom is 0.407 e. The summed E-state index contributed by atoms with van der Waals surface area (Å²) in [5.74, 6) is 0.189. The van der Waals surface area contributed by atoms with Gasteiger partial charge in [-0.2, -0.15) is 0 Å². The van der Waals surface area contributed by atoms with Gasteiger partial charge in [-0.3, -0.25) is 9.59 Å². The molecule has 86 heavy (non-hydrogen) atoms. The molecule has 0 aliphatic carbocycles. The van der Waals surface area contributed by atoms with E-state index in [1.54, 1.807) is 0 Å². The number of nitrogens with one attached hydrogen (secondary N) is 4. The van der Waals surface area contributed by atoms with Gasteiger partial charge < -0.3 is 46.1 Å². The van der Waals surface area contributed by atoms with Crippen LogP contribution in [-0.2, 0) is 32.3 Å². The molecule has 0 fully saturated rings. The third-order valence-corrected chi connectivity index (χ3v) is 18.4. The van der Waals surface area contributed by atoms with Gasteiger partial charge in [-0.05, 0) is 182 Å². The number of amides is 4. The Morgan fingerprint density at radius 1 is 0.360 bits per heavy atom. The van der Waals surface area contributed by atoms with Crippen molar-refractivity contribution in [3.8, 4) is 0 Å². The van der Waals surface area contributed by atoms with Crippen LogP contribution in [0.15, 0.2) is 109 Å². The maximum absolute atomic E-state index is 12.6. The van der Waals surface area contributed by atoms with Crippen molar-refractivity contribution in [2.45, 2.75) is 167 Å². The van der Waals surface area contributed by atoms with Gasteiger partial charge in [-0.15, -0.1) is 0 Å². The molecule has 6 rings (SSSR count).